The average Bonchev–Trinajstić information content (AvgIpc) is 2.91. The van der Waals surface area contributed by atoms with E-state index in [2.05, 4.69) is 18.7 Å². The Morgan fingerprint density at radius 2 is 2.20 bits per heavy atom. The lowest BCUT2D eigenvalue weighted by atomic mass is 9.90. The molecule has 2 aliphatic rings. The molecular weight excluding hydrogens is 270 g/mol. The molecule has 0 spiro atoms. The summed E-state index contributed by atoms with van der Waals surface area (Å²) in [5.74, 6) is 0.446. The van der Waals surface area contributed by atoms with Gasteiger partial charge in [0.05, 0.1) is 24.4 Å². The summed E-state index contributed by atoms with van der Waals surface area (Å²) in [6.07, 6.45) is 5.46. The first-order chi connectivity index (χ1) is 9.70. The summed E-state index contributed by atoms with van der Waals surface area (Å²) in [6.45, 7) is 6.79. The number of hydrogen-bond donors (Lipinski definition) is 1. The van der Waals surface area contributed by atoms with Crippen molar-refractivity contribution in [2.45, 2.75) is 64.1 Å². The maximum Gasteiger partial charge on any atom is 0.186 e. The number of ether oxygens (including phenoxy) is 1. The zero-order chi connectivity index (χ0) is 14.1. The van der Waals surface area contributed by atoms with Gasteiger partial charge in [-0.05, 0) is 18.8 Å². The van der Waals surface area contributed by atoms with E-state index in [1.807, 2.05) is 0 Å². The van der Waals surface area contributed by atoms with Gasteiger partial charge in [-0.2, -0.15) is 0 Å². The van der Waals surface area contributed by atoms with Crippen molar-refractivity contribution >= 4 is 16.5 Å². The largest absolute Gasteiger partial charge is 0.374 e. The monoisotopic (exact) mass is 295 g/mol. The van der Waals surface area contributed by atoms with E-state index in [4.69, 9.17) is 15.5 Å². The number of fused-ring (bicyclic) bond motifs is 1. The number of anilines is 1. The van der Waals surface area contributed by atoms with E-state index >= 15 is 0 Å². The van der Waals surface area contributed by atoms with E-state index in [0.717, 1.165) is 18.3 Å². The zero-order valence-corrected chi connectivity index (χ0v) is 13.3. The highest BCUT2D eigenvalue weighted by molar-refractivity contribution is 7.15. The quantitative estimate of drug-likeness (QED) is 0.931. The Hall–Kier alpha value is -0.650. The van der Waals surface area contributed by atoms with Gasteiger partial charge in [-0.15, -0.1) is 11.3 Å². The molecule has 1 aromatic heterocycles. The highest BCUT2D eigenvalue weighted by atomic mass is 32.1. The third-order valence-electron chi connectivity index (χ3n) is 4.43. The Morgan fingerprint density at radius 1 is 1.40 bits per heavy atom. The van der Waals surface area contributed by atoms with E-state index < -0.39 is 0 Å². The molecule has 0 amide bonds. The second-order valence-electron chi connectivity index (χ2n) is 6.12. The third-order valence-corrected chi connectivity index (χ3v) is 5.56. The van der Waals surface area contributed by atoms with Crippen LogP contribution in [0.3, 0.4) is 0 Å². The SMILES string of the molecule is CC(C)c1nc(N2CCOC3CCCCC32)sc1CN. The van der Waals surface area contributed by atoms with Gasteiger partial charge in [0.25, 0.3) is 0 Å². The summed E-state index contributed by atoms with van der Waals surface area (Å²) in [5, 5.41) is 1.16. The molecule has 2 N–H and O–H groups in total. The van der Waals surface area contributed by atoms with E-state index in [0.29, 0.717) is 24.6 Å². The van der Waals surface area contributed by atoms with Crippen LogP contribution in [0.15, 0.2) is 0 Å². The molecule has 0 radical (unpaired) electrons. The molecule has 1 aliphatic heterocycles. The Kier molecular flexibility index (Phi) is 4.29. The molecule has 1 saturated carbocycles. The van der Waals surface area contributed by atoms with Crippen molar-refractivity contribution in [1.29, 1.82) is 0 Å². The number of morpholine rings is 1. The van der Waals surface area contributed by atoms with Gasteiger partial charge in [0.2, 0.25) is 0 Å². The van der Waals surface area contributed by atoms with Crippen LogP contribution in [0.25, 0.3) is 0 Å². The molecule has 0 aromatic carbocycles. The van der Waals surface area contributed by atoms with Gasteiger partial charge in [0.1, 0.15) is 0 Å². The number of thiazole rings is 1. The average molecular weight is 295 g/mol. The van der Waals surface area contributed by atoms with E-state index in [1.54, 1.807) is 11.3 Å². The van der Waals surface area contributed by atoms with Crippen molar-refractivity contribution in [1.82, 2.24) is 4.98 Å². The van der Waals surface area contributed by atoms with Crippen molar-refractivity contribution < 1.29 is 4.74 Å². The second kappa shape index (κ2) is 6.00. The molecule has 2 atom stereocenters. The fourth-order valence-corrected chi connectivity index (χ4v) is 4.58. The topological polar surface area (TPSA) is 51.4 Å². The lowest BCUT2D eigenvalue weighted by molar-refractivity contribution is -0.00870. The Morgan fingerprint density at radius 3 is 2.90 bits per heavy atom. The van der Waals surface area contributed by atoms with Gasteiger partial charge < -0.3 is 15.4 Å². The minimum absolute atomic E-state index is 0.408. The normalized spacial score (nSPS) is 26.9. The number of aromatic nitrogens is 1. The molecular formula is C15H25N3OS. The van der Waals surface area contributed by atoms with Crippen LogP contribution in [0.2, 0.25) is 0 Å². The van der Waals surface area contributed by atoms with Gasteiger partial charge in [-0.25, -0.2) is 4.98 Å². The number of nitrogens with two attached hydrogens (primary N) is 1. The van der Waals surface area contributed by atoms with E-state index in [9.17, 15) is 0 Å². The van der Waals surface area contributed by atoms with Crippen LogP contribution in [-0.4, -0.2) is 30.3 Å². The van der Waals surface area contributed by atoms with Gasteiger partial charge in [0, 0.05) is 18.0 Å². The van der Waals surface area contributed by atoms with Crippen LogP contribution >= 0.6 is 11.3 Å². The van der Waals surface area contributed by atoms with Crippen LogP contribution in [-0.2, 0) is 11.3 Å². The summed E-state index contributed by atoms with van der Waals surface area (Å²) < 4.78 is 5.95. The van der Waals surface area contributed by atoms with Gasteiger partial charge in [-0.3, -0.25) is 0 Å². The summed E-state index contributed by atoms with van der Waals surface area (Å²) in [7, 11) is 0. The lowest BCUT2D eigenvalue weighted by Gasteiger charge is -2.43. The molecule has 2 heterocycles. The molecule has 2 unspecified atom stereocenters. The molecule has 4 nitrogen and oxygen atoms in total. The van der Waals surface area contributed by atoms with E-state index in [1.165, 1.54) is 36.3 Å². The molecule has 0 bridgehead atoms. The summed E-state index contributed by atoms with van der Waals surface area (Å²) in [4.78, 5) is 8.64. The molecule has 112 valence electrons. The minimum atomic E-state index is 0.408. The summed E-state index contributed by atoms with van der Waals surface area (Å²) in [6, 6.07) is 0.522. The first-order valence-electron chi connectivity index (χ1n) is 7.78. The summed E-state index contributed by atoms with van der Waals surface area (Å²) in [5.41, 5.74) is 7.08. The molecule has 3 rings (SSSR count). The number of nitrogens with zero attached hydrogens (tertiary/aromatic N) is 2. The van der Waals surface area contributed by atoms with Crippen LogP contribution in [0.1, 0.15) is 56.0 Å². The molecule has 20 heavy (non-hydrogen) atoms. The van der Waals surface area contributed by atoms with Crippen LogP contribution in [0.5, 0.6) is 0 Å². The Balaban J connectivity index is 1.87. The van der Waals surface area contributed by atoms with Gasteiger partial charge >= 0.3 is 0 Å². The highest BCUT2D eigenvalue weighted by Crippen LogP contribution is 2.36. The van der Waals surface area contributed by atoms with Crippen molar-refractivity contribution in [3.05, 3.63) is 10.6 Å². The molecule has 1 aromatic rings. The highest BCUT2D eigenvalue weighted by Gasteiger charge is 2.35. The van der Waals surface area contributed by atoms with Crippen LogP contribution < -0.4 is 10.6 Å². The number of hydrogen-bond acceptors (Lipinski definition) is 5. The molecule has 1 saturated heterocycles. The fourth-order valence-electron chi connectivity index (χ4n) is 3.40. The van der Waals surface area contributed by atoms with Gasteiger partial charge in [-0.1, -0.05) is 26.7 Å². The lowest BCUT2D eigenvalue weighted by Crippen LogP contribution is -2.52. The minimum Gasteiger partial charge on any atom is -0.374 e. The van der Waals surface area contributed by atoms with Crippen LogP contribution in [0, 0.1) is 0 Å². The van der Waals surface area contributed by atoms with Crippen molar-refractivity contribution in [2.24, 2.45) is 5.73 Å². The van der Waals surface area contributed by atoms with Gasteiger partial charge in [0.15, 0.2) is 5.13 Å². The standard InChI is InChI=1S/C15H25N3OS/c1-10(2)14-13(9-16)20-15(17-14)18-7-8-19-12-6-4-3-5-11(12)18/h10-12H,3-9,16H2,1-2H3. The third kappa shape index (κ3) is 2.59. The Labute approximate surface area is 125 Å². The van der Waals surface area contributed by atoms with E-state index in [-0.39, 0.29) is 0 Å². The Bertz CT molecular complexity index is 458. The molecule has 1 aliphatic carbocycles. The fraction of sp³-hybridized carbons (Fsp3) is 0.800. The van der Waals surface area contributed by atoms with Crippen molar-refractivity contribution in [3.63, 3.8) is 0 Å². The van der Waals surface area contributed by atoms with Crippen molar-refractivity contribution in [2.75, 3.05) is 18.1 Å². The number of rotatable bonds is 3. The predicted molar refractivity (Wildman–Crippen MR) is 83.4 cm³/mol. The molecule has 5 heteroatoms. The molecule has 2 fully saturated rings. The van der Waals surface area contributed by atoms with Crippen LogP contribution in [0.4, 0.5) is 5.13 Å². The maximum absolute atomic E-state index is 5.95. The smallest absolute Gasteiger partial charge is 0.186 e. The second-order valence-corrected chi connectivity index (χ2v) is 7.18. The maximum atomic E-state index is 5.95. The summed E-state index contributed by atoms with van der Waals surface area (Å²) >= 11 is 1.78. The zero-order valence-electron chi connectivity index (χ0n) is 12.5. The van der Waals surface area contributed by atoms with Crippen molar-refractivity contribution in [3.8, 4) is 0 Å². The first-order valence-corrected chi connectivity index (χ1v) is 8.60. The predicted octanol–water partition coefficient (Wildman–Crippen LogP) is 2.87. The first kappa shape index (κ1) is 14.3.